The number of halogens is 2. The van der Waals surface area contributed by atoms with Crippen LogP contribution in [0.5, 0.6) is 0 Å². The Labute approximate surface area is 108 Å². The SMILES string of the molecule is Clc1ccc(-n2ccc3ccnc(Cl)c32)cc1. The van der Waals surface area contributed by atoms with Gasteiger partial charge in [0.15, 0.2) is 5.15 Å². The molecule has 0 unspecified atom stereocenters. The van der Waals surface area contributed by atoms with E-state index in [2.05, 4.69) is 4.98 Å². The maximum Gasteiger partial charge on any atom is 0.153 e. The molecule has 3 rings (SSSR count). The van der Waals surface area contributed by atoms with E-state index in [1.54, 1.807) is 6.20 Å². The summed E-state index contributed by atoms with van der Waals surface area (Å²) >= 11 is 12.0. The third kappa shape index (κ3) is 1.79. The summed E-state index contributed by atoms with van der Waals surface area (Å²) in [5, 5.41) is 2.29. The van der Waals surface area contributed by atoms with Gasteiger partial charge in [-0.05, 0) is 36.4 Å². The minimum atomic E-state index is 0.502. The minimum absolute atomic E-state index is 0.502. The molecule has 0 aliphatic carbocycles. The fraction of sp³-hybridized carbons (Fsp3) is 0. The molecule has 0 atom stereocenters. The zero-order chi connectivity index (χ0) is 11.8. The van der Waals surface area contributed by atoms with Gasteiger partial charge < -0.3 is 4.57 Å². The molecule has 2 heterocycles. The van der Waals surface area contributed by atoms with Gasteiger partial charge >= 0.3 is 0 Å². The molecule has 0 radical (unpaired) electrons. The molecule has 0 saturated heterocycles. The predicted molar refractivity (Wildman–Crippen MR) is 71.1 cm³/mol. The lowest BCUT2D eigenvalue weighted by molar-refractivity contribution is 1.12. The number of aromatic nitrogens is 2. The number of benzene rings is 1. The van der Waals surface area contributed by atoms with E-state index in [1.165, 1.54) is 0 Å². The second-order valence-corrected chi connectivity index (χ2v) is 4.50. The van der Waals surface area contributed by atoms with Crippen molar-refractivity contribution < 1.29 is 0 Å². The van der Waals surface area contributed by atoms with Crippen LogP contribution >= 0.6 is 23.2 Å². The molecule has 2 nitrogen and oxygen atoms in total. The normalized spacial score (nSPS) is 10.9. The Morgan fingerprint density at radius 3 is 2.47 bits per heavy atom. The van der Waals surface area contributed by atoms with Crippen molar-refractivity contribution in [1.29, 1.82) is 0 Å². The van der Waals surface area contributed by atoms with E-state index in [1.807, 2.05) is 47.2 Å². The third-order valence-corrected chi connectivity index (χ3v) is 3.19. The van der Waals surface area contributed by atoms with Gasteiger partial charge in [-0.3, -0.25) is 0 Å². The highest BCUT2D eigenvalue weighted by molar-refractivity contribution is 6.34. The Hall–Kier alpha value is -1.51. The quantitative estimate of drug-likeness (QED) is 0.597. The smallest absolute Gasteiger partial charge is 0.153 e. The molecule has 0 N–H and O–H groups in total. The van der Waals surface area contributed by atoms with Crippen molar-refractivity contribution in [2.45, 2.75) is 0 Å². The Kier molecular flexibility index (Phi) is 2.54. The van der Waals surface area contributed by atoms with E-state index >= 15 is 0 Å². The molecule has 0 bridgehead atoms. The van der Waals surface area contributed by atoms with Gasteiger partial charge in [-0.2, -0.15) is 0 Å². The van der Waals surface area contributed by atoms with Crippen molar-refractivity contribution in [2.24, 2.45) is 0 Å². The Morgan fingerprint density at radius 2 is 1.71 bits per heavy atom. The Bertz CT molecular complexity index is 671. The zero-order valence-corrected chi connectivity index (χ0v) is 10.3. The molecule has 2 aromatic heterocycles. The summed E-state index contributed by atoms with van der Waals surface area (Å²) < 4.78 is 2.00. The van der Waals surface area contributed by atoms with E-state index in [4.69, 9.17) is 23.2 Å². The van der Waals surface area contributed by atoms with Crippen LogP contribution in [0.1, 0.15) is 0 Å². The highest BCUT2D eigenvalue weighted by Gasteiger charge is 2.07. The highest BCUT2D eigenvalue weighted by atomic mass is 35.5. The molecule has 0 amide bonds. The summed E-state index contributed by atoms with van der Waals surface area (Å²) in [7, 11) is 0. The van der Waals surface area contributed by atoms with Crippen LogP contribution in [0, 0.1) is 0 Å². The number of nitrogens with zero attached hydrogens (tertiary/aromatic N) is 2. The standard InChI is InChI=1S/C13H8Cl2N2/c14-10-1-3-11(4-2-10)17-8-6-9-5-7-16-13(15)12(9)17/h1-8H. The average molecular weight is 263 g/mol. The van der Waals surface area contributed by atoms with Crippen LogP contribution in [0.3, 0.4) is 0 Å². The number of pyridine rings is 1. The largest absolute Gasteiger partial charge is 0.314 e. The van der Waals surface area contributed by atoms with E-state index in [0.717, 1.165) is 21.6 Å². The molecular weight excluding hydrogens is 255 g/mol. The summed E-state index contributed by atoms with van der Waals surface area (Å²) in [5.74, 6) is 0. The molecule has 0 saturated carbocycles. The van der Waals surface area contributed by atoms with E-state index in [-0.39, 0.29) is 0 Å². The summed E-state index contributed by atoms with van der Waals surface area (Å²) in [6.45, 7) is 0. The predicted octanol–water partition coefficient (Wildman–Crippen LogP) is 4.33. The molecule has 3 aromatic rings. The number of rotatable bonds is 1. The van der Waals surface area contributed by atoms with Crippen LogP contribution in [-0.4, -0.2) is 9.55 Å². The van der Waals surface area contributed by atoms with Gasteiger partial charge in [-0.15, -0.1) is 0 Å². The maximum absolute atomic E-state index is 6.13. The summed E-state index contributed by atoms with van der Waals surface area (Å²) in [6, 6.07) is 11.6. The molecule has 0 aliphatic rings. The summed E-state index contributed by atoms with van der Waals surface area (Å²) in [6.07, 6.45) is 3.68. The summed E-state index contributed by atoms with van der Waals surface area (Å²) in [5.41, 5.74) is 1.93. The molecule has 84 valence electrons. The fourth-order valence-electron chi connectivity index (χ4n) is 1.86. The second kappa shape index (κ2) is 4.06. The molecule has 0 spiro atoms. The van der Waals surface area contributed by atoms with E-state index in [0.29, 0.717) is 5.15 Å². The summed E-state index contributed by atoms with van der Waals surface area (Å²) in [4.78, 5) is 4.10. The highest BCUT2D eigenvalue weighted by Crippen LogP contribution is 2.25. The Balaban J connectivity index is 2.27. The monoisotopic (exact) mass is 262 g/mol. The molecule has 4 heteroatoms. The fourth-order valence-corrected chi connectivity index (χ4v) is 2.24. The minimum Gasteiger partial charge on any atom is -0.314 e. The van der Waals surface area contributed by atoms with E-state index in [9.17, 15) is 0 Å². The lowest BCUT2D eigenvalue weighted by Crippen LogP contribution is -1.92. The first-order chi connectivity index (χ1) is 8.25. The first-order valence-corrected chi connectivity index (χ1v) is 5.89. The van der Waals surface area contributed by atoms with Crippen molar-refractivity contribution in [3.63, 3.8) is 0 Å². The van der Waals surface area contributed by atoms with Crippen molar-refractivity contribution in [1.82, 2.24) is 9.55 Å². The van der Waals surface area contributed by atoms with Crippen molar-refractivity contribution >= 4 is 34.1 Å². The van der Waals surface area contributed by atoms with E-state index < -0.39 is 0 Å². The van der Waals surface area contributed by atoms with Crippen molar-refractivity contribution in [3.05, 3.63) is 59.0 Å². The van der Waals surface area contributed by atoms with Crippen LogP contribution in [0.2, 0.25) is 10.2 Å². The van der Waals surface area contributed by atoms with Gasteiger partial charge in [-0.1, -0.05) is 23.2 Å². The van der Waals surface area contributed by atoms with Crippen molar-refractivity contribution in [3.8, 4) is 5.69 Å². The number of hydrogen-bond donors (Lipinski definition) is 0. The first kappa shape index (κ1) is 10.6. The van der Waals surface area contributed by atoms with Crippen LogP contribution in [0.15, 0.2) is 48.8 Å². The van der Waals surface area contributed by atoms with Gasteiger partial charge in [0.05, 0.1) is 5.52 Å². The van der Waals surface area contributed by atoms with Gasteiger partial charge in [0.2, 0.25) is 0 Å². The molecule has 0 aliphatic heterocycles. The molecule has 0 fully saturated rings. The molecule has 1 aromatic carbocycles. The van der Waals surface area contributed by atoms with Crippen LogP contribution in [0.4, 0.5) is 0 Å². The topological polar surface area (TPSA) is 17.8 Å². The maximum atomic E-state index is 6.13. The van der Waals surface area contributed by atoms with Gasteiger partial charge in [0.25, 0.3) is 0 Å². The second-order valence-electron chi connectivity index (χ2n) is 3.70. The van der Waals surface area contributed by atoms with Crippen LogP contribution in [0.25, 0.3) is 16.6 Å². The Morgan fingerprint density at radius 1 is 0.941 bits per heavy atom. The molecule has 17 heavy (non-hydrogen) atoms. The molecular formula is C13H8Cl2N2. The lowest BCUT2D eigenvalue weighted by atomic mass is 10.3. The van der Waals surface area contributed by atoms with Gasteiger partial charge in [0.1, 0.15) is 0 Å². The third-order valence-electron chi connectivity index (χ3n) is 2.66. The van der Waals surface area contributed by atoms with Crippen LogP contribution < -0.4 is 0 Å². The number of hydrogen-bond acceptors (Lipinski definition) is 1. The zero-order valence-electron chi connectivity index (χ0n) is 8.77. The van der Waals surface area contributed by atoms with Gasteiger partial charge in [0, 0.05) is 28.5 Å². The van der Waals surface area contributed by atoms with Crippen molar-refractivity contribution in [2.75, 3.05) is 0 Å². The lowest BCUT2D eigenvalue weighted by Gasteiger charge is -2.06. The van der Waals surface area contributed by atoms with Gasteiger partial charge in [-0.25, -0.2) is 4.98 Å². The first-order valence-electron chi connectivity index (χ1n) is 5.13. The average Bonchev–Trinajstić information content (AvgIpc) is 2.75. The van der Waals surface area contributed by atoms with Crippen LogP contribution in [-0.2, 0) is 0 Å². The number of fused-ring (bicyclic) bond motifs is 1.